The molecule has 1 aliphatic carbocycles. The average molecular weight is 384 g/mol. The Morgan fingerprint density at radius 1 is 1.21 bits per heavy atom. The fourth-order valence-electron chi connectivity index (χ4n) is 2.38. The smallest absolute Gasteiger partial charge is 0.269 e. The van der Waals surface area contributed by atoms with Gasteiger partial charge in [-0.25, -0.2) is 0 Å². The number of halogens is 2. The van der Waals surface area contributed by atoms with Crippen LogP contribution in [0.5, 0.6) is 0 Å². The van der Waals surface area contributed by atoms with Crippen LogP contribution >= 0.6 is 31.9 Å². The van der Waals surface area contributed by atoms with E-state index in [1.165, 1.54) is 6.07 Å². The summed E-state index contributed by atoms with van der Waals surface area (Å²) < 4.78 is 1.68. The lowest BCUT2D eigenvalue weighted by Gasteiger charge is -2.08. The van der Waals surface area contributed by atoms with Crippen molar-refractivity contribution in [2.75, 3.05) is 5.73 Å². The topological polar surface area (TPSA) is 69.2 Å². The summed E-state index contributed by atoms with van der Waals surface area (Å²) in [6.07, 6.45) is 0.657. The highest BCUT2D eigenvalue weighted by atomic mass is 79.9. The van der Waals surface area contributed by atoms with Crippen LogP contribution < -0.4 is 5.73 Å². The number of nitro groups is 1. The molecule has 0 unspecified atom stereocenters. The molecule has 0 atom stereocenters. The lowest BCUT2D eigenvalue weighted by molar-refractivity contribution is -0.384. The van der Waals surface area contributed by atoms with Gasteiger partial charge in [-0.05, 0) is 66.2 Å². The van der Waals surface area contributed by atoms with Gasteiger partial charge in [-0.1, -0.05) is 0 Å². The molecule has 0 heterocycles. The molecule has 0 saturated heterocycles. The van der Waals surface area contributed by atoms with Crippen LogP contribution in [0.25, 0.3) is 11.1 Å². The molecular weight excluding hydrogens is 376 g/mol. The quantitative estimate of drug-likeness (QED) is 0.387. The lowest BCUT2D eigenvalue weighted by Crippen LogP contribution is -1.93. The van der Waals surface area contributed by atoms with Crippen molar-refractivity contribution in [3.05, 3.63) is 54.5 Å². The zero-order valence-electron chi connectivity index (χ0n) is 9.61. The van der Waals surface area contributed by atoms with E-state index < -0.39 is 0 Å². The van der Waals surface area contributed by atoms with Crippen molar-refractivity contribution in [1.82, 2.24) is 0 Å². The van der Waals surface area contributed by atoms with Crippen molar-refractivity contribution >= 4 is 43.2 Å². The highest BCUT2D eigenvalue weighted by molar-refractivity contribution is 9.11. The summed E-state index contributed by atoms with van der Waals surface area (Å²) in [4.78, 5) is 10.4. The van der Waals surface area contributed by atoms with Gasteiger partial charge in [0.15, 0.2) is 0 Å². The lowest BCUT2D eigenvalue weighted by atomic mass is 10.1. The highest BCUT2D eigenvalue weighted by Crippen LogP contribution is 2.45. The van der Waals surface area contributed by atoms with E-state index in [0.29, 0.717) is 12.1 Å². The first kappa shape index (κ1) is 12.6. The number of nitro benzene ring substituents is 1. The van der Waals surface area contributed by atoms with Crippen LogP contribution in [0.2, 0.25) is 0 Å². The van der Waals surface area contributed by atoms with Crippen molar-refractivity contribution in [3.63, 3.8) is 0 Å². The predicted molar refractivity (Wildman–Crippen MR) is 81.2 cm³/mol. The van der Waals surface area contributed by atoms with Gasteiger partial charge in [-0.2, -0.15) is 0 Å². The van der Waals surface area contributed by atoms with Crippen LogP contribution in [-0.4, -0.2) is 4.92 Å². The molecule has 0 aromatic heterocycles. The molecule has 6 heteroatoms. The number of benzene rings is 2. The van der Waals surface area contributed by atoms with Gasteiger partial charge in [0, 0.05) is 27.5 Å². The van der Waals surface area contributed by atoms with Gasteiger partial charge in [0.25, 0.3) is 5.69 Å². The molecule has 0 bridgehead atoms. The van der Waals surface area contributed by atoms with Crippen LogP contribution in [0.1, 0.15) is 11.1 Å². The SMILES string of the molecule is Nc1c(Br)cc2c(c1Br)Cc1cc([N+](=O)[O-])ccc1-2. The van der Waals surface area contributed by atoms with E-state index in [9.17, 15) is 10.1 Å². The Morgan fingerprint density at radius 2 is 1.95 bits per heavy atom. The number of rotatable bonds is 1. The fourth-order valence-corrected chi connectivity index (χ4v) is 3.64. The number of nitrogens with two attached hydrogens (primary N) is 1. The van der Waals surface area contributed by atoms with Crippen LogP contribution in [0.15, 0.2) is 33.2 Å². The standard InChI is InChI=1S/C13H8Br2N2O2/c14-11-5-9-8-2-1-7(17(18)19)3-6(8)4-10(9)12(15)13(11)16/h1-3,5H,4,16H2. The Morgan fingerprint density at radius 3 is 2.63 bits per heavy atom. The molecule has 0 aliphatic heterocycles. The first-order valence-corrected chi connectivity index (χ1v) is 7.11. The Kier molecular flexibility index (Phi) is 2.87. The third-order valence-corrected chi connectivity index (χ3v) is 4.87. The summed E-state index contributed by atoms with van der Waals surface area (Å²) >= 11 is 6.93. The number of fused-ring (bicyclic) bond motifs is 3. The molecule has 1 aliphatic rings. The molecule has 0 spiro atoms. The van der Waals surface area contributed by atoms with E-state index in [0.717, 1.165) is 31.2 Å². The van der Waals surface area contributed by atoms with Gasteiger partial charge in [-0.15, -0.1) is 0 Å². The Hall–Kier alpha value is -1.40. The summed E-state index contributed by atoms with van der Waals surface area (Å²) in [6.45, 7) is 0. The van der Waals surface area contributed by atoms with Crippen molar-refractivity contribution in [3.8, 4) is 11.1 Å². The summed E-state index contributed by atoms with van der Waals surface area (Å²) in [5, 5.41) is 10.8. The maximum atomic E-state index is 10.8. The minimum Gasteiger partial charge on any atom is -0.397 e. The molecule has 0 radical (unpaired) electrons. The van der Waals surface area contributed by atoms with Crippen molar-refractivity contribution in [2.24, 2.45) is 0 Å². The van der Waals surface area contributed by atoms with Crippen LogP contribution in [-0.2, 0) is 6.42 Å². The molecule has 0 amide bonds. The average Bonchev–Trinajstić information content (AvgIpc) is 2.74. The first-order chi connectivity index (χ1) is 8.99. The normalized spacial score (nSPS) is 12.1. The third-order valence-electron chi connectivity index (χ3n) is 3.31. The van der Waals surface area contributed by atoms with Gasteiger partial charge in [0.1, 0.15) is 0 Å². The molecule has 0 fully saturated rings. The second-order valence-corrected chi connectivity index (χ2v) is 6.03. The van der Waals surface area contributed by atoms with E-state index in [2.05, 4.69) is 31.9 Å². The largest absolute Gasteiger partial charge is 0.397 e. The molecule has 0 saturated carbocycles. The number of nitrogens with zero attached hydrogens (tertiary/aromatic N) is 1. The summed E-state index contributed by atoms with van der Waals surface area (Å²) in [5.41, 5.74) is 10.9. The summed E-state index contributed by atoms with van der Waals surface area (Å²) in [7, 11) is 0. The molecule has 96 valence electrons. The van der Waals surface area contributed by atoms with Gasteiger partial charge >= 0.3 is 0 Å². The van der Waals surface area contributed by atoms with Crippen molar-refractivity contribution in [1.29, 1.82) is 0 Å². The summed E-state index contributed by atoms with van der Waals surface area (Å²) in [5.74, 6) is 0. The zero-order chi connectivity index (χ0) is 13.7. The van der Waals surface area contributed by atoms with Crippen molar-refractivity contribution in [2.45, 2.75) is 6.42 Å². The van der Waals surface area contributed by atoms with E-state index in [-0.39, 0.29) is 10.6 Å². The van der Waals surface area contributed by atoms with Gasteiger partial charge in [0.2, 0.25) is 0 Å². The number of hydrogen-bond acceptors (Lipinski definition) is 3. The summed E-state index contributed by atoms with van der Waals surface area (Å²) in [6, 6.07) is 6.93. The second kappa shape index (κ2) is 4.31. The zero-order valence-corrected chi connectivity index (χ0v) is 12.8. The van der Waals surface area contributed by atoms with Crippen LogP contribution in [0.3, 0.4) is 0 Å². The molecule has 2 N–H and O–H groups in total. The number of anilines is 1. The molecular formula is C13H8Br2N2O2. The molecule has 2 aromatic carbocycles. The number of non-ortho nitro benzene ring substituents is 1. The monoisotopic (exact) mass is 382 g/mol. The highest BCUT2D eigenvalue weighted by Gasteiger charge is 2.25. The second-order valence-electron chi connectivity index (χ2n) is 4.39. The van der Waals surface area contributed by atoms with Gasteiger partial charge in [-0.3, -0.25) is 10.1 Å². The van der Waals surface area contributed by atoms with Gasteiger partial charge in [0.05, 0.1) is 10.6 Å². The fraction of sp³-hybridized carbons (Fsp3) is 0.0769. The molecule has 3 rings (SSSR count). The third kappa shape index (κ3) is 1.86. The molecule has 4 nitrogen and oxygen atoms in total. The van der Waals surface area contributed by atoms with E-state index in [1.54, 1.807) is 12.1 Å². The van der Waals surface area contributed by atoms with Crippen LogP contribution in [0, 0.1) is 10.1 Å². The minimum absolute atomic E-state index is 0.120. The Labute approximate surface area is 126 Å². The van der Waals surface area contributed by atoms with Crippen LogP contribution in [0.4, 0.5) is 11.4 Å². The van der Waals surface area contributed by atoms with Gasteiger partial charge < -0.3 is 5.73 Å². The molecule has 19 heavy (non-hydrogen) atoms. The first-order valence-electron chi connectivity index (χ1n) is 5.53. The van der Waals surface area contributed by atoms with E-state index in [1.807, 2.05) is 6.07 Å². The minimum atomic E-state index is -0.372. The predicted octanol–water partition coefficient (Wildman–Crippen LogP) is 4.27. The number of nitrogen functional groups attached to an aromatic ring is 1. The maximum Gasteiger partial charge on any atom is 0.269 e. The van der Waals surface area contributed by atoms with Crippen molar-refractivity contribution < 1.29 is 4.92 Å². The molecule has 2 aromatic rings. The number of hydrogen-bond donors (Lipinski definition) is 1. The van der Waals surface area contributed by atoms with E-state index >= 15 is 0 Å². The van der Waals surface area contributed by atoms with E-state index in [4.69, 9.17) is 5.73 Å². The Balaban J connectivity index is 2.22. The Bertz CT molecular complexity index is 729. The maximum absolute atomic E-state index is 10.8.